The van der Waals surface area contributed by atoms with Crippen LogP contribution in [-0.4, -0.2) is 62.4 Å². The number of nitrogens with zero attached hydrogens (tertiary/aromatic N) is 3. The van der Waals surface area contributed by atoms with Crippen LogP contribution in [-0.2, 0) is 16.1 Å². The third kappa shape index (κ3) is 6.61. The van der Waals surface area contributed by atoms with Gasteiger partial charge in [-0.05, 0) is 50.7 Å². The van der Waals surface area contributed by atoms with Crippen LogP contribution in [0.4, 0.5) is 11.4 Å². The Bertz CT molecular complexity index is 816. The fourth-order valence-electron chi connectivity index (χ4n) is 2.96. The molecule has 0 saturated heterocycles. The van der Waals surface area contributed by atoms with E-state index in [0.717, 1.165) is 22.5 Å². The topological polar surface area (TPSA) is 55.9 Å². The van der Waals surface area contributed by atoms with Gasteiger partial charge in [0.1, 0.15) is 0 Å². The molecule has 1 atom stereocenters. The molecule has 0 aromatic heterocycles. The Balaban J connectivity index is 1.88. The third-order valence-electron chi connectivity index (χ3n) is 5.00. The molecule has 0 saturated carbocycles. The highest BCUT2D eigenvalue weighted by Crippen LogP contribution is 2.15. The summed E-state index contributed by atoms with van der Waals surface area (Å²) in [7, 11) is 7.59. The number of aryl methyl sites for hydroxylation is 1. The molecule has 0 fully saturated rings. The summed E-state index contributed by atoms with van der Waals surface area (Å²) in [6.07, 6.45) is 0. The van der Waals surface area contributed by atoms with Crippen molar-refractivity contribution >= 4 is 23.2 Å². The number of hydrogen-bond acceptors (Lipinski definition) is 4. The number of benzene rings is 2. The lowest BCUT2D eigenvalue weighted by molar-refractivity contribution is -0.137. The smallest absolute Gasteiger partial charge is 0.243 e. The van der Waals surface area contributed by atoms with Crippen molar-refractivity contribution < 1.29 is 9.59 Å². The second-order valence-electron chi connectivity index (χ2n) is 7.76. The molecule has 0 aliphatic carbocycles. The minimum atomic E-state index is -0.333. The molecule has 0 unspecified atom stereocenters. The first-order valence-electron chi connectivity index (χ1n) is 9.75. The fraction of sp³-hybridized carbons (Fsp3) is 0.391. The molecule has 0 radical (unpaired) electrons. The first kappa shape index (κ1) is 22.4. The predicted octanol–water partition coefficient (Wildman–Crippen LogP) is 2.98. The van der Waals surface area contributed by atoms with Crippen molar-refractivity contribution in [1.82, 2.24) is 9.80 Å². The maximum absolute atomic E-state index is 12.7. The van der Waals surface area contributed by atoms with Gasteiger partial charge in [0.2, 0.25) is 11.8 Å². The SMILES string of the molecule is Cc1ccc(NC(=O)CN(C)C(=O)[C@@H](C)N(C)Cc2ccc(N(C)C)cc2)cc1. The first-order chi connectivity index (χ1) is 13.7. The quantitative estimate of drug-likeness (QED) is 0.745. The van der Waals surface area contributed by atoms with Gasteiger partial charge in [0.05, 0.1) is 12.6 Å². The summed E-state index contributed by atoms with van der Waals surface area (Å²) in [5.74, 6) is -0.296. The standard InChI is InChI=1S/C23H32N4O2/c1-17-7-11-20(12-8-17)24-22(28)16-27(6)23(29)18(2)26(5)15-19-9-13-21(14-10-19)25(3)4/h7-14,18H,15-16H2,1-6H3,(H,24,28)/t18-/m1/s1. The van der Waals surface area contributed by atoms with Crippen LogP contribution in [0.1, 0.15) is 18.1 Å². The van der Waals surface area contributed by atoms with Crippen LogP contribution in [0.25, 0.3) is 0 Å². The van der Waals surface area contributed by atoms with Crippen LogP contribution in [0.3, 0.4) is 0 Å². The molecular formula is C23H32N4O2. The van der Waals surface area contributed by atoms with E-state index >= 15 is 0 Å². The Morgan fingerprint density at radius 2 is 1.52 bits per heavy atom. The third-order valence-corrected chi connectivity index (χ3v) is 5.00. The Kier molecular flexibility index (Phi) is 7.79. The molecule has 0 spiro atoms. The Hall–Kier alpha value is -2.86. The van der Waals surface area contributed by atoms with Crippen LogP contribution in [0, 0.1) is 6.92 Å². The van der Waals surface area contributed by atoms with Gasteiger partial charge in [-0.2, -0.15) is 0 Å². The molecule has 2 aromatic carbocycles. The molecule has 2 aromatic rings. The normalized spacial score (nSPS) is 11.8. The number of anilines is 2. The van der Waals surface area contributed by atoms with Crippen molar-refractivity contribution in [3.8, 4) is 0 Å². The fourth-order valence-corrected chi connectivity index (χ4v) is 2.96. The monoisotopic (exact) mass is 396 g/mol. The molecule has 156 valence electrons. The highest BCUT2D eigenvalue weighted by atomic mass is 16.2. The zero-order valence-corrected chi connectivity index (χ0v) is 18.3. The minimum absolute atomic E-state index is 0.0163. The number of likely N-dealkylation sites (N-methyl/N-ethyl adjacent to an activating group) is 2. The highest BCUT2D eigenvalue weighted by Gasteiger charge is 2.23. The lowest BCUT2D eigenvalue weighted by atomic mass is 10.1. The molecule has 6 heteroatoms. The number of rotatable bonds is 8. The minimum Gasteiger partial charge on any atom is -0.378 e. The van der Waals surface area contributed by atoms with Gasteiger partial charge in [-0.1, -0.05) is 29.8 Å². The summed E-state index contributed by atoms with van der Waals surface area (Å²) in [6, 6.07) is 15.5. The number of carbonyl (C=O) groups excluding carboxylic acids is 2. The Morgan fingerprint density at radius 1 is 0.931 bits per heavy atom. The highest BCUT2D eigenvalue weighted by molar-refractivity contribution is 5.95. The lowest BCUT2D eigenvalue weighted by Crippen LogP contribution is -2.46. The van der Waals surface area contributed by atoms with Crippen LogP contribution in [0.2, 0.25) is 0 Å². The zero-order chi connectivity index (χ0) is 21.6. The van der Waals surface area contributed by atoms with Crippen molar-refractivity contribution in [3.63, 3.8) is 0 Å². The van der Waals surface area contributed by atoms with Crippen molar-refractivity contribution in [2.75, 3.05) is 45.0 Å². The molecule has 2 amide bonds. The number of carbonyl (C=O) groups is 2. The molecule has 0 bridgehead atoms. The van der Waals surface area contributed by atoms with Gasteiger partial charge in [0.15, 0.2) is 0 Å². The van der Waals surface area contributed by atoms with Gasteiger partial charge in [-0.25, -0.2) is 0 Å². The van der Waals surface area contributed by atoms with Crippen LogP contribution < -0.4 is 10.2 Å². The average molecular weight is 397 g/mol. The Labute approximate surface area is 174 Å². The van der Waals surface area contributed by atoms with Gasteiger partial charge in [0, 0.05) is 39.1 Å². The summed E-state index contributed by atoms with van der Waals surface area (Å²) < 4.78 is 0. The van der Waals surface area contributed by atoms with Gasteiger partial charge >= 0.3 is 0 Å². The lowest BCUT2D eigenvalue weighted by Gasteiger charge is -2.28. The van der Waals surface area contributed by atoms with E-state index in [1.54, 1.807) is 7.05 Å². The molecule has 29 heavy (non-hydrogen) atoms. The first-order valence-corrected chi connectivity index (χ1v) is 9.75. The predicted molar refractivity (Wildman–Crippen MR) is 119 cm³/mol. The maximum atomic E-state index is 12.7. The molecule has 0 aliphatic rings. The molecular weight excluding hydrogens is 364 g/mol. The zero-order valence-electron chi connectivity index (χ0n) is 18.3. The van der Waals surface area contributed by atoms with E-state index in [4.69, 9.17) is 0 Å². The molecule has 0 aliphatic heterocycles. The summed E-state index contributed by atoms with van der Waals surface area (Å²) in [6.45, 7) is 4.53. The van der Waals surface area contributed by atoms with Crippen molar-refractivity contribution in [2.24, 2.45) is 0 Å². The van der Waals surface area contributed by atoms with E-state index < -0.39 is 0 Å². The van der Waals surface area contributed by atoms with E-state index in [1.165, 1.54) is 4.90 Å². The largest absolute Gasteiger partial charge is 0.378 e. The van der Waals surface area contributed by atoms with Crippen molar-refractivity contribution in [3.05, 3.63) is 59.7 Å². The summed E-state index contributed by atoms with van der Waals surface area (Å²) in [5.41, 5.74) is 4.13. The summed E-state index contributed by atoms with van der Waals surface area (Å²) in [4.78, 5) is 30.5. The van der Waals surface area contributed by atoms with E-state index in [-0.39, 0.29) is 24.4 Å². The van der Waals surface area contributed by atoms with Crippen LogP contribution in [0.5, 0.6) is 0 Å². The molecule has 6 nitrogen and oxygen atoms in total. The maximum Gasteiger partial charge on any atom is 0.243 e. The summed E-state index contributed by atoms with van der Waals surface area (Å²) >= 11 is 0. The molecule has 0 heterocycles. The number of amides is 2. The van der Waals surface area contributed by atoms with E-state index in [2.05, 4.69) is 34.5 Å². The summed E-state index contributed by atoms with van der Waals surface area (Å²) in [5, 5.41) is 2.83. The van der Waals surface area contributed by atoms with Gasteiger partial charge < -0.3 is 15.1 Å². The van der Waals surface area contributed by atoms with E-state index in [9.17, 15) is 9.59 Å². The van der Waals surface area contributed by atoms with Crippen molar-refractivity contribution in [2.45, 2.75) is 26.4 Å². The van der Waals surface area contributed by atoms with Crippen LogP contribution in [0.15, 0.2) is 48.5 Å². The molecule has 1 N–H and O–H groups in total. The van der Waals surface area contributed by atoms with Gasteiger partial charge in [0.25, 0.3) is 0 Å². The molecule has 2 rings (SSSR count). The number of hydrogen-bond donors (Lipinski definition) is 1. The van der Waals surface area contributed by atoms with Crippen molar-refractivity contribution in [1.29, 1.82) is 0 Å². The Morgan fingerprint density at radius 3 is 2.07 bits per heavy atom. The van der Waals surface area contributed by atoms with Gasteiger partial charge in [-0.3, -0.25) is 14.5 Å². The van der Waals surface area contributed by atoms with Gasteiger partial charge in [-0.15, -0.1) is 0 Å². The van der Waals surface area contributed by atoms with E-state index in [1.807, 2.05) is 64.2 Å². The second-order valence-corrected chi connectivity index (χ2v) is 7.76. The second kappa shape index (κ2) is 10.1. The van der Waals surface area contributed by atoms with E-state index in [0.29, 0.717) is 6.54 Å². The number of nitrogens with one attached hydrogen (secondary N) is 1. The average Bonchev–Trinajstić information content (AvgIpc) is 2.68. The van der Waals surface area contributed by atoms with Crippen LogP contribution >= 0.6 is 0 Å².